The summed E-state index contributed by atoms with van der Waals surface area (Å²) >= 11 is 0. The molecule has 21 heavy (non-hydrogen) atoms. The van der Waals surface area contributed by atoms with Crippen molar-refractivity contribution >= 4 is 10.0 Å². The van der Waals surface area contributed by atoms with Crippen LogP contribution in [0.15, 0.2) is 29.2 Å². The van der Waals surface area contributed by atoms with Gasteiger partial charge in [-0.05, 0) is 19.1 Å². The molecule has 0 aromatic heterocycles. The summed E-state index contributed by atoms with van der Waals surface area (Å²) in [5.41, 5.74) is 0. The van der Waals surface area contributed by atoms with E-state index in [1.807, 2.05) is 6.92 Å². The van der Waals surface area contributed by atoms with Gasteiger partial charge in [0, 0.05) is 31.7 Å². The fourth-order valence-electron chi connectivity index (χ4n) is 2.10. The Morgan fingerprint density at radius 3 is 2.71 bits per heavy atom. The topological polar surface area (TPSA) is 58.6 Å². The third kappa shape index (κ3) is 4.08. The summed E-state index contributed by atoms with van der Waals surface area (Å²) in [6.45, 7) is 2.88. The van der Waals surface area contributed by atoms with E-state index >= 15 is 0 Å². The number of rotatable bonds is 3. The molecule has 0 saturated carbocycles. The molecule has 1 fully saturated rings. The van der Waals surface area contributed by atoms with Gasteiger partial charge in [0.25, 0.3) is 0 Å². The number of alkyl halides is 3. The summed E-state index contributed by atoms with van der Waals surface area (Å²) in [5, 5.41) is 3.10. The summed E-state index contributed by atoms with van der Waals surface area (Å²) in [6, 6.07) is 4.41. The zero-order chi connectivity index (χ0) is 15.7. The number of ether oxygens (including phenoxy) is 1. The molecule has 1 N–H and O–H groups in total. The lowest BCUT2D eigenvalue weighted by Crippen LogP contribution is -2.51. The van der Waals surface area contributed by atoms with E-state index in [4.69, 9.17) is 0 Å². The van der Waals surface area contributed by atoms with Gasteiger partial charge in [0.2, 0.25) is 10.0 Å². The minimum Gasteiger partial charge on any atom is -0.406 e. The van der Waals surface area contributed by atoms with Crippen LogP contribution < -0.4 is 10.1 Å². The Labute approximate surface area is 120 Å². The Morgan fingerprint density at radius 2 is 2.10 bits per heavy atom. The Morgan fingerprint density at radius 1 is 1.38 bits per heavy atom. The molecule has 9 heteroatoms. The molecule has 1 heterocycles. The molecule has 1 saturated heterocycles. The lowest BCUT2D eigenvalue weighted by Gasteiger charge is -2.31. The van der Waals surface area contributed by atoms with E-state index in [1.54, 1.807) is 0 Å². The van der Waals surface area contributed by atoms with Crippen LogP contribution in [0.2, 0.25) is 0 Å². The van der Waals surface area contributed by atoms with Crippen LogP contribution in [0.25, 0.3) is 0 Å². The standard InChI is InChI=1S/C12H15F3N2O3S/c1-9-8-17(6-5-16-9)21(18,19)11-4-2-3-10(7-11)20-12(13,14)15/h2-4,7,9,16H,5-6,8H2,1H3/t9-/m1/s1. The first-order valence-corrected chi connectivity index (χ1v) is 7.72. The molecular weight excluding hydrogens is 309 g/mol. The molecule has 0 spiro atoms. The molecule has 5 nitrogen and oxygen atoms in total. The highest BCUT2D eigenvalue weighted by Crippen LogP contribution is 2.26. The van der Waals surface area contributed by atoms with Gasteiger partial charge in [-0.1, -0.05) is 6.07 Å². The van der Waals surface area contributed by atoms with E-state index < -0.39 is 22.1 Å². The summed E-state index contributed by atoms with van der Waals surface area (Å²) in [6.07, 6.45) is -4.86. The van der Waals surface area contributed by atoms with Crippen LogP contribution in [-0.4, -0.2) is 44.8 Å². The van der Waals surface area contributed by atoms with Gasteiger partial charge in [-0.3, -0.25) is 0 Å². The van der Waals surface area contributed by atoms with E-state index in [0.717, 1.165) is 12.1 Å². The third-order valence-electron chi connectivity index (χ3n) is 3.01. The molecule has 1 aliphatic rings. The maximum atomic E-state index is 12.4. The van der Waals surface area contributed by atoms with Crippen molar-refractivity contribution < 1.29 is 26.3 Å². The minimum atomic E-state index is -4.86. The molecule has 0 radical (unpaired) electrons. The second-order valence-electron chi connectivity index (χ2n) is 4.74. The number of halogens is 3. The fourth-order valence-corrected chi connectivity index (χ4v) is 3.66. The minimum absolute atomic E-state index is 0.0110. The predicted molar refractivity (Wildman–Crippen MR) is 69.3 cm³/mol. The first kappa shape index (κ1) is 16.1. The maximum Gasteiger partial charge on any atom is 0.573 e. The number of hydrogen-bond donors (Lipinski definition) is 1. The van der Waals surface area contributed by atoms with Crippen LogP contribution >= 0.6 is 0 Å². The summed E-state index contributed by atoms with van der Waals surface area (Å²) in [4.78, 5) is -0.210. The molecular formula is C12H15F3N2O3S. The van der Waals surface area contributed by atoms with Crippen molar-refractivity contribution in [2.75, 3.05) is 19.6 Å². The predicted octanol–water partition coefficient (Wildman–Crippen LogP) is 1.57. The van der Waals surface area contributed by atoms with Gasteiger partial charge in [0.05, 0.1) is 4.90 Å². The van der Waals surface area contributed by atoms with Gasteiger partial charge in [-0.2, -0.15) is 4.31 Å². The van der Waals surface area contributed by atoms with Crippen LogP contribution in [-0.2, 0) is 10.0 Å². The molecule has 1 aliphatic heterocycles. The van der Waals surface area contributed by atoms with Crippen LogP contribution in [0.3, 0.4) is 0 Å². The molecule has 1 atom stereocenters. The fraction of sp³-hybridized carbons (Fsp3) is 0.500. The molecule has 0 aliphatic carbocycles. The summed E-state index contributed by atoms with van der Waals surface area (Å²) in [5.74, 6) is -0.549. The number of nitrogens with zero attached hydrogens (tertiary/aromatic N) is 1. The average Bonchev–Trinajstić information content (AvgIpc) is 2.37. The van der Waals surface area contributed by atoms with E-state index in [2.05, 4.69) is 10.1 Å². The van der Waals surface area contributed by atoms with E-state index in [-0.39, 0.29) is 24.0 Å². The van der Waals surface area contributed by atoms with Gasteiger partial charge < -0.3 is 10.1 Å². The summed E-state index contributed by atoms with van der Waals surface area (Å²) < 4.78 is 66.4. The average molecular weight is 324 g/mol. The van der Waals surface area contributed by atoms with Crippen LogP contribution in [0.5, 0.6) is 5.75 Å². The van der Waals surface area contributed by atoms with Crippen LogP contribution in [0, 0.1) is 0 Å². The number of hydrogen-bond acceptors (Lipinski definition) is 4. The van der Waals surface area contributed by atoms with Gasteiger partial charge in [-0.15, -0.1) is 13.2 Å². The van der Waals surface area contributed by atoms with Crippen molar-refractivity contribution in [3.63, 3.8) is 0 Å². The highest BCUT2D eigenvalue weighted by atomic mass is 32.2. The molecule has 2 rings (SSSR count). The lowest BCUT2D eigenvalue weighted by molar-refractivity contribution is -0.274. The molecule has 0 amide bonds. The van der Waals surface area contributed by atoms with Crippen molar-refractivity contribution in [3.8, 4) is 5.75 Å². The van der Waals surface area contributed by atoms with Gasteiger partial charge in [0.1, 0.15) is 5.75 Å². The van der Waals surface area contributed by atoms with Gasteiger partial charge in [-0.25, -0.2) is 8.42 Å². The second-order valence-corrected chi connectivity index (χ2v) is 6.68. The van der Waals surface area contributed by atoms with Gasteiger partial charge >= 0.3 is 6.36 Å². The molecule has 0 bridgehead atoms. The van der Waals surface area contributed by atoms with Crippen molar-refractivity contribution in [2.24, 2.45) is 0 Å². The maximum absolute atomic E-state index is 12.4. The molecule has 118 valence electrons. The zero-order valence-corrected chi connectivity index (χ0v) is 12.0. The normalized spacial score (nSPS) is 21.2. The third-order valence-corrected chi connectivity index (χ3v) is 4.87. The Kier molecular flexibility index (Phi) is 4.45. The Balaban J connectivity index is 2.26. The number of nitrogens with one attached hydrogen (secondary N) is 1. The summed E-state index contributed by atoms with van der Waals surface area (Å²) in [7, 11) is -3.83. The quantitative estimate of drug-likeness (QED) is 0.917. The smallest absolute Gasteiger partial charge is 0.406 e. The number of sulfonamides is 1. The monoisotopic (exact) mass is 324 g/mol. The number of benzene rings is 1. The molecule has 0 unspecified atom stereocenters. The highest BCUT2D eigenvalue weighted by molar-refractivity contribution is 7.89. The van der Waals surface area contributed by atoms with Crippen LogP contribution in [0.4, 0.5) is 13.2 Å². The first-order chi connectivity index (χ1) is 9.68. The van der Waals surface area contributed by atoms with E-state index in [9.17, 15) is 21.6 Å². The van der Waals surface area contributed by atoms with Crippen molar-refractivity contribution in [3.05, 3.63) is 24.3 Å². The second kappa shape index (κ2) is 5.82. The zero-order valence-electron chi connectivity index (χ0n) is 11.2. The van der Waals surface area contributed by atoms with Gasteiger partial charge in [0.15, 0.2) is 0 Å². The first-order valence-electron chi connectivity index (χ1n) is 6.28. The van der Waals surface area contributed by atoms with Crippen molar-refractivity contribution in [2.45, 2.75) is 24.2 Å². The molecule has 1 aromatic rings. The SMILES string of the molecule is C[C@@H]1CN(S(=O)(=O)c2cccc(OC(F)(F)F)c2)CCN1. The highest BCUT2D eigenvalue weighted by Gasteiger charge is 2.32. The largest absolute Gasteiger partial charge is 0.573 e. The van der Waals surface area contributed by atoms with E-state index in [0.29, 0.717) is 6.54 Å². The lowest BCUT2D eigenvalue weighted by atomic mass is 10.3. The van der Waals surface area contributed by atoms with E-state index in [1.165, 1.54) is 16.4 Å². The van der Waals surface area contributed by atoms with Crippen molar-refractivity contribution in [1.82, 2.24) is 9.62 Å². The van der Waals surface area contributed by atoms with Crippen molar-refractivity contribution in [1.29, 1.82) is 0 Å². The molecule has 1 aromatic carbocycles. The Bertz CT molecular complexity index is 604. The Hall–Kier alpha value is -1.32. The number of piperazine rings is 1. The van der Waals surface area contributed by atoms with Crippen LogP contribution in [0.1, 0.15) is 6.92 Å².